The highest BCUT2D eigenvalue weighted by molar-refractivity contribution is 7.48. The van der Waals surface area contributed by atoms with E-state index in [1.165, 1.54) is 16.8 Å². The fourth-order valence-electron chi connectivity index (χ4n) is 2.64. The molecule has 0 fully saturated rings. The van der Waals surface area contributed by atoms with E-state index in [1.807, 2.05) is 60.7 Å². The van der Waals surface area contributed by atoms with Crippen molar-refractivity contribution < 1.29 is 37.2 Å². The minimum Gasteiger partial charge on any atom is -0.444 e. The standard InChI is InChI=1S/C25H35N2O8P/c1-25(2,3)35-24(29)27(5)17-16-26(4)23(28)31-20-34-36(30,32-18-21-12-8-6-9-13-21)33-19-22-14-10-7-11-15-22/h6-15H,16-20H2,1-5H3. The Hall–Kier alpha value is -2.91. The zero-order valence-corrected chi connectivity index (χ0v) is 22.3. The molecule has 0 radical (unpaired) electrons. The van der Waals surface area contributed by atoms with E-state index < -0.39 is 32.4 Å². The number of hydrogen-bond donors (Lipinski definition) is 0. The number of amides is 2. The summed E-state index contributed by atoms with van der Waals surface area (Å²) in [7, 11) is -0.993. The second kappa shape index (κ2) is 14.0. The Morgan fingerprint density at radius 3 is 1.64 bits per heavy atom. The van der Waals surface area contributed by atoms with Gasteiger partial charge < -0.3 is 19.3 Å². The lowest BCUT2D eigenvalue weighted by molar-refractivity contribution is 0.00403. The van der Waals surface area contributed by atoms with Crippen LogP contribution in [-0.2, 0) is 40.8 Å². The monoisotopic (exact) mass is 522 g/mol. The van der Waals surface area contributed by atoms with Crippen molar-refractivity contribution in [2.75, 3.05) is 34.0 Å². The van der Waals surface area contributed by atoms with E-state index in [2.05, 4.69) is 0 Å². The van der Waals surface area contributed by atoms with Gasteiger partial charge in [0.15, 0.2) is 0 Å². The van der Waals surface area contributed by atoms with Crippen LogP contribution in [0.3, 0.4) is 0 Å². The summed E-state index contributed by atoms with van der Waals surface area (Å²) in [6, 6.07) is 18.3. The molecule has 0 spiro atoms. The number of hydrogen-bond acceptors (Lipinski definition) is 8. The molecule has 2 aromatic rings. The van der Waals surface area contributed by atoms with Crippen LogP contribution in [0.15, 0.2) is 60.7 Å². The number of benzene rings is 2. The van der Waals surface area contributed by atoms with Crippen molar-refractivity contribution in [1.29, 1.82) is 0 Å². The molecule has 10 nitrogen and oxygen atoms in total. The lowest BCUT2D eigenvalue weighted by Crippen LogP contribution is -2.40. The van der Waals surface area contributed by atoms with Gasteiger partial charge in [0.25, 0.3) is 0 Å². The molecule has 198 valence electrons. The van der Waals surface area contributed by atoms with Crippen molar-refractivity contribution in [3.8, 4) is 0 Å². The van der Waals surface area contributed by atoms with Crippen LogP contribution in [-0.4, -0.2) is 61.6 Å². The molecule has 0 unspecified atom stereocenters. The van der Waals surface area contributed by atoms with Crippen molar-refractivity contribution >= 4 is 20.0 Å². The molecule has 2 rings (SSSR count). The van der Waals surface area contributed by atoms with Gasteiger partial charge in [0.2, 0.25) is 6.79 Å². The number of carbonyl (C=O) groups excluding carboxylic acids is 2. The van der Waals surface area contributed by atoms with Gasteiger partial charge in [-0.2, -0.15) is 0 Å². The predicted octanol–water partition coefficient (Wildman–Crippen LogP) is 5.44. The molecule has 36 heavy (non-hydrogen) atoms. The number of likely N-dealkylation sites (N-methyl/N-ethyl adjacent to an activating group) is 2. The number of phosphoric ester groups is 1. The van der Waals surface area contributed by atoms with Crippen molar-refractivity contribution in [3.63, 3.8) is 0 Å². The highest BCUT2D eigenvalue weighted by Gasteiger charge is 2.28. The van der Waals surface area contributed by atoms with Crippen LogP contribution in [0.2, 0.25) is 0 Å². The third-order valence-electron chi connectivity index (χ3n) is 4.65. The van der Waals surface area contributed by atoms with E-state index in [1.54, 1.807) is 27.8 Å². The molecule has 0 N–H and O–H groups in total. The topological polar surface area (TPSA) is 104 Å². The Morgan fingerprint density at radius 2 is 1.19 bits per heavy atom. The maximum absolute atomic E-state index is 13.2. The van der Waals surface area contributed by atoms with Gasteiger partial charge in [-0.05, 0) is 31.9 Å². The lowest BCUT2D eigenvalue weighted by Gasteiger charge is -2.26. The Morgan fingerprint density at radius 1 is 0.750 bits per heavy atom. The molecular formula is C25H35N2O8P. The Bertz CT molecular complexity index is 951. The molecule has 0 saturated carbocycles. The molecule has 0 saturated heterocycles. The van der Waals surface area contributed by atoms with Crippen LogP contribution in [0.1, 0.15) is 31.9 Å². The summed E-state index contributed by atoms with van der Waals surface area (Å²) in [5.74, 6) is 0. The summed E-state index contributed by atoms with van der Waals surface area (Å²) in [6.07, 6.45) is -1.23. The normalized spacial score (nSPS) is 11.6. The van der Waals surface area contributed by atoms with Gasteiger partial charge in [-0.25, -0.2) is 18.7 Å². The second-order valence-corrected chi connectivity index (χ2v) is 10.6. The number of rotatable bonds is 12. The quantitative estimate of drug-likeness (QED) is 0.268. The number of carbonyl (C=O) groups is 2. The first-order valence-corrected chi connectivity index (χ1v) is 12.9. The van der Waals surface area contributed by atoms with Gasteiger partial charge in [-0.3, -0.25) is 9.05 Å². The van der Waals surface area contributed by atoms with Gasteiger partial charge in [0.1, 0.15) is 5.60 Å². The first-order valence-electron chi connectivity index (χ1n) is 11.4. The molecule has 0 aliphatic rings. The number of nitrogens with zero attached hydrogens (tertiary/aromatic N) is 2. The Kier molecular flexibility index (Phi) is 11.4. The van der Waals surface area contributed by atoms with E-state index in [0.717, 1.165) is 11.1 Å². The average molecular weight is 523 g/mol. The zero-order valence-electron chi connectivity index (χ0n) is 21.4. The summed E-state index contributed by atoms with van der Waals surface area (Å²) in [5, 5.41) is 0. The maximum Gasteiger partial charge on any atom is 0.478 e. The van der Waals surface area contributed by atoms with E-state index in [0.29, 0.717) is 0 Å². The maximum atomic E-state index is 13.2. The van der Waals surface area contributed by atoms with Crippen LogP contribution in [0.4, 0.5) is 9.59 Å². The highest BCUT2D eigenvalue weighted by Crippen LogP contribution is 2.50. The van der Waals surface area contributed by atoms with Crippen molar-refractivity contribution in [2.24, 2.45) is 0 Å². The molecule has 0 aliphatic carbocycles. The zero-order chi connectivity index (χ0) is 26.6. The van der Waals surface area contributed by atoms with E-state index in [9.17, 15) is 14.2 Å². The third kappa shape index (κ3) is 11.2. The van der Waals surface area contributed by atoms with Gasteiger partial charge in [-0.1, -0.05) is 60.7 Å². The molecule has 0 bridgehead atoms. The fourth-order valence-corrected chi connectivity index (χ4v) is 3.66. The smallest absolute Gasteiger partial charge is 0.444 e. The van der Waals surface area contributed by atoms with Crippen LogP contribution < -0.4 is 0 Å². The fraction of sp³-hybridized carbons (Fsp3) is 0.440. The second-order valence-electron chi connectivity index (χ2n) is 8.95. The summed E-state index contributed by atoms with van der Waals surface area (Å²) < 4.78 is 39.8. The highest BCUT2D eigenvalue weighted by atomic mass is 31.2. The SMILES string of the molecule is CN(CCN(C)C(=O)OC(C)(C)C)C(=O)OCOP(=O)(OCc1ccccc1)OCc1ccccc1. The van der Waals surface area contributed by atoms with Gasteiger partial charge >= 0.3 is 20.0 Å². The molecule has 2 aromatic carbocycles. The molecule has 0 heterocycles. The van der Waals surface area contributed by atoms with E-state index >= 15 is 0 Å². The van der Waals surface area contributed by atoms with Gasteiger partial charge in [0, 0.05) is 27.2 Å². The molecule has 2 amide bonds. The van der Waals surface area contributed by atoms with Crippen molar-refractivity contribution in [2.45, 2.75) is 39.6 Å². The van der Waals surface area contributed by atoms with Crippen molar-refractivity contribution in [1.82, 2.24) is 9.80 Å². The number of ether oxygens (including phenoxy) is 2. The van der Waals surface area contributed by atoms with Crippen molar-refractivity contribution in [3.05, 3.63) is 71.8 Å². The van der Waals surface area contributed by atoms with Crippen LogP contribution in [0.5, 0.6) is 0 Å². The lowest BCUT2D eigenvalue weighted by atomic mass is 10.2. The van der Waals surface area contributed by atoms with Gasteiger partial charge in [0.05, 0.1) is 13.2 Å². The summed E-state index contributed by atoms with van der Waals surface area (Å²) >= 11 is 0. The summed E-state index contributed by atoms with van der Waals surface area (Å²) in [6.45, 7) is 5.04. The minimum absolute atomic E-state index is 0.0161. The molecule has 0 atom stereocenters. The van der Waals surface area contributed by atoms with Crippen LogP contribution >= 0.6 is 7.82 Å². The van der Waals surface area contributed by atoms with E-state index in [-0.39, 0.29) is 26.3 Å². The average Bonchev–Trinajstić information content (AvgIpc) is 2.85. The molecule has 0 aliphatic heterocycles. The Balaban J connectivity index is 1.86. The molecular weight excluding hydrogens is 487 g/mol. The largest absolute Gasteiger partial charge is 0.478 e. The van der Waals surface area contributed by atoms with E-state index in [4.69, 9.17) is 23.0 Å². The third-order valence-corrected chi connectivity index (χ3v) is 5.96. The van der Waals surface area contributed by atoms with Crippen LogP contribution in [0, 0.1) is 0 Å². The Labute approximate surface area is 212 Å². The summed E-state index contributed by atoms with van der Waals surface area (Å²) in [5.41, 5.74) is 0.929. The predicted molar refractivity (Wildman–Crippen MR) is 134 cm³/mol. The number of phosphoric acid groups is 1. The molecule has 11 heteroatoms. The minimum atomic E-state index is -4.07. The first-order chi connectivity index (χ1) is 17.0. The van der Waals surface area contributed by atoms with Gasteiger partial charge in [-0.15, -0.1) is 0 Å². The first kappa shape index (κ1) is 29.3. The molecule has 0 aromatic heterocycles. The van der Waals surface area contributed by atoms with Crippen LogP contribution in [0.25, 0.3) is 0 Å². The summed E-state index contributed by atoms with van der Waals surface area (Å²) in [4.78, 5) is 27.0.